The van der Waals surface area contributed by atoms with Crippen LogP contribution in [0.4, 0.5) is 0 Å². The molecular formula is C13H18O. The van der Waals surface area contributed by atoms with Crippen LogP contribution in [0.15, 0.2) is 24.3 Å². The zero-order valence-corrected chi connectivity index (χ0v) is 8.74. The lowest BCUT2D eigenvalue weighted by Gasteiger charge is -2.09. The van der Waals surface area contributed by atoms with Gasteiger partial charge in [0.05, 0.1) is 6.10 Å². The Morgan fingerprint density at radius 1 is 1.36 bits per heavy atom. The van der Waals surface area contributed by atoms with E-state index in [0.29, 0.717) is 0 Å². The van der Waals surface area contributed by atoms with Gasteiger partial charge in [0, 0.05) is 0 Å². The molecule has 1 aliphatic carbocycles. The zero-order chi connectivity index (χ0) is 9.97. The fourth-order valence-corrected chi connectivity index (χ4v) is 1.92. The molecule has 2 rings (SSSR count). The summed E-state index contributed by atoms with van der Waals surface area (Å²) >= 11 is 0. The van der Waals surface area contributed by atoms with Crippen LogP contribution in [0, 0.1) is 0 Å². The average molecular weight is 190 g/mol. The third-order valence-electron chi connectivity index (χ3n) is 2.90. The van der Waals surface area contributed by atoms with Gasteiger partial charge in [-0.05, 0) is 49.7 Å². The summed E-state index contributed by atoms with van der Waals surface area (Å²) in [5.41, 5.74) is 2.96. The van der Waals surface area contributed by atoms with Crippen LogP contribution in [0.3, 0.4) is 0 Å². The minimum atomic E-state index is -0.178. The van der Waals surface area contributed by atoms with Crippen LogP contribution < -0.4 is 0 Å². The number of rotatable bonds is 4. The molecule has 1 unspecified atom stereocenters. The second kappa shape index (κ2) is 4.14. The maximum absolute atomic E-state index is 9.26. The highest BCUT2D eigenvalue weighted by Crippen LogP contribution is 2.41. The maximum Gasteiger partial charge on any atom is 0.0515 e. The van der Waals surface area contributed by atoms with Gasteiger partial charge in [0.15, 0.2) is 0 Å². The van der Waals surface area contributed by atoms with Crippen LogP contribution in [0.2, 0.25) is 0 Å². The molecular weight excluding hydrogens is 172 g/mol. The van der Waals surface area contributed by atoms with Crippen LogP contribution in [-0.4, -0.2) is 11.2 Å². The van der Waals surface area contributed by atoms with Crippen LogP contribution in [0.5, 0.6) is 0 Å². The molecule has 0 spiro atoms. The zero-order valence-electron chi connectivity index (χ0n) is 8.74. The van der Waals surface area contributed by atoms with Crippen molar-refractivity contribution < 1.29 is 5.11 Å². The van der Waals surface area contributed by atoms with Crippen molar-refractivity contribution in [2.24, 2.45) is 0 Å². The summed E-state index contributed by atoms with van der Waals surface area (Å²) < 4.78 is 0. The monoisotopic (exact) mass is 190 g/mol. The molecule has 1 aromatic rings. The Bertz CT molecular complexity index is 300. The molecule has 1 fully saturated rings. The van der Waals surface area contributed by atoms with E-state index in [1.54, 1.807) is 0 Å². The minimum absolute atomic E-state index is 0.178. The lowest BCUT2D eigenvalue weighted by atomic mass is 9.98. The predicted molar refractivity (Wildman–Crippen MR) is 58.4 cm³/mol. The van der Waals surface area contributed by atoms with E-state index in [0.717, 1.165) is 18.8 Å². The molecule has 1 nitrogen and oxygen atoms in total. The molecule has 14 heavy (non-hydrogen) atoms. The molecule has 1 N–H and O–H groups in total. The topological polar surface area (TPSA) is 20.2 Å². The molecule has 1 aromatic carbocycles. The fraction of sp³-hybridized carbons (Fsp3) is 0.538. The van der Waals surface area contributed by atoms with Gasteiger partial charge in [-0.2, -0.15) is 0 Å². The Kier molecular flexibility index (Phi) is 2.87. The third-order valence-corrected chi connectivity index (χ3v) is 2.90. The molecule has 0 amide bonds. The first kappa shape index (κ1) is 9.72. The number of benzene rings is 1. The molecule has 0 heterocycles. The second-order valence-electron chi connectivity index (χ2n) is 4.36. The summed E-state index contributed by atoms with van der Waals surface area (Å²) in [4.78, 5) is 0. The number of hydrogen-bond acceptors (Lipinski definition) is 1. The minimum Gasteiger partial charge on any atom is -0.393 e. The Balaban J connectivity index is 2.07. The second-order valence-corrected chi connectivity index (χ2v) is 4.36. The molecule has 1 heteroatoms. The molecule has 1 saturated carbocycles. The molecule has 1 atom stereocenters. The van der Waals surface area contributed by atoms with Crippen molar-refractivity contribution in [2.45, 2.75) is 44.6 Å². The highest BCUT2D eigenvalue weighted by molar-refractivity contribution is 5.33. The van der Waals surface area contributed by atoms with Crippen molar-refractivity contribution >= 4 is 0 Å². The van der Waals surface area contributed by atoms with Gasteiger partial charge in [0.1, 0.15) is 0 Å². The van der Waals surface area contributed by atoms with Crippen LogP contribution in [-0.2, 0) is 6.42 Å². The van der Waals surface area contributed by atoms with Crippen molar-refractivity contribution in [3.8, 4) is 0 Å². The van der Waals surface area contributed by atoms with Gasteiger partial charge in [0.25, 0.3) is 0 Å². The van der Waals surface area contributed by atoms with Crippen molar-refractivity contribution in [2.75, 3.05) is 0 Å². The standard InChI is InChI=1S/C13H18O/c1-10(14)6-7-11-4-2-3-5-13(11)12-8-9-12/h2-5,10,12,14H,6-9H2,1H3. The van der Waals surface area contributed by atoms with E-state index in [-0.39, 0.29) is 6.10 Å². The van der Waals surface area contributed by atoms with E-state index >= 15 is 0 Å². The van der Waals surface area contributed by atoms with E-state index in [2.05, 4.69) is 24.3 Å². The van der Waals surface area contributed by atoms with E-state index in [9.17, 15) is 5.11 Å². The largest absolute Gasteiger partial charge is 0.393 e. The lowest BCUT2D eigenvalue weighted by molar-refractivity contribution is 0.185. The van der Waals surface area contributed by atoms with Crippen molar-refractivity contribution in [3.05, 3.63) is 35.4 Å². The molecule has 0 saturated heterocycles. The summed E-state index contributed by atoms with van der Waals surface area (Å²) in [5, 5.41) is 9.26. The molecule has 76 valence electrons. The Morgan fingerprint density at radius 3 is 2.71 bits per heavy atom. The van der Waals surface area contributed by atoms with Gasteiger partial charge in [-0.1, -0.05) is 24.3 Å². The predicted octanol–water partition coefficient (Wildman–Crippen LogP) is 2.88. The summed E-state index contributed by atoms with van der Waals surface area (Å²) in [7, 11) is 0. The molecule has 0 aromatic heterocycles. The Hall–Kier alpha value is -0.820. The van der Waals surface area contributed by atoms with Gasteiger partial charge in [-0.15, -0.1) is 0 Å². The first-order valence-corrected chi connectivity index (χ1v) is 5.53. The number of aliphatic hydroxyl groups excluding tert-OH is 1. The van der Waals surface area contributed by atoms with Gasteiger partial charge in [-0.25, -0.2) is 0 Å². The highest BCUT2D eigenvalue weighted by Gasteiger charge is 2.25. The number of aryl methyl sites for hydroxylation is 1. The van der Waals surface area contributed by atoms with Gasteiger partial charge >= 0.3 is 0 Å². The third kappa shape index (κ3) is 2.36. The normalized spacial score (nSPS) is 18.1. The fourth-order valence-electron chi connectivity index (χ4n) is 1.92. The summed E-state index contributed by atoms with van der Waals surface area (Å²) in [6.07, 6.45) is 4.42. The Labute approximate surface area is 85.8 Å². The summed E-state index contributed by atoms with van der Waals surface area (Å²) in [6.45, 7) is 1.86. The van der Waals surface area contributed by atoms with E-state index in [4.69, 9.17) is 0 Å². The van der Waals surface area contributed by atoms with Crippen molar-refractivity contribution in [1.29, 1.82) is 0 Å². The summed E-state index contributed by atoms with van der Waals surface area (Å²) in [5.74, 6) is 0.820. The van der Waals surface area contributed by atoms with Gasteiger partial charge in [-0.3, -0.25) is 0 Å². The van der Waals surface area contributed by atoms with Gasteiger partial charge in [0.2, 0.25) is 0 Å². The van der Waals surface area contributed by atoms with Crippen molar-refractivity contribution in [3.63, 3.8) is 0 Å². The summed E-state index contributed by atoms with van der Waals surface area (Å²) in [6, 6.07) is 8.67. The smallest absolute Gasteiger partial charge is 0.0515 e. The molecule has 1 aliphatic rings. The highest BCUT2D eigenvalue weighted by atomic mass is 16.3. The molecule has 0 aliphatic heterocycles. The first-order chi connectivity index (χ1) is 6.77. The SMILES string of the molecule is CC(O)CCc1ccccc1C1CC1. The quantitative estimate of drug-likeness (QED) is 0.774. The van der Waals surface area contributed by atoms with Crippen LogP contribution in [0.1, 0.15) is 43.2 Å². The number of aliphatic hydroxyl groups is 1. The molecule has 0 radical (unpaired) electrons. The van der Waals surface area contributed by atoms with Gasteiger partial charge < -0.3 is 5.11 Å². The number of hydrogen-bond donors (Lipinski definition) is 1. The van der Waals surface area contributed by atoms with Crippen molar-refractivity contribution in [1.82, 2.24) is 0 Å². The Morgan fingerprint density at radius 2 is 2.07 bits per heavy atom. The van der Waals surface area contributed by atoms with E-state index in [1.165, 1.54) is 24.0 Å². The van der Waals surface area contributed by atoms with Crippen LogP contribution >= 0.6 is 0 Å². The maximum atomic E-state index is 9.26. The average Bonchev–Trinajstić information content (AvgIpc) is 2.98. The van der Waals surface area contributed by atoms with E-state index < -0.39 is 0 Å². The van der Waals surface area contributed by atoms with Crippen LogP contribution in [0.25, 0.3) is 0 Å². The lowest BCUT2D eigenvalue weighted by Crippen LogP contribution is -2.02. The molecule has 0 bridgehead atoms. The van der Waals surface area contributed by atoms with E-state index in [1.807, 2.05) is 6.92 Å². The first-order valence-electron chi connectivity index (χ1n) is 5.53.